The van der Waals surface area contributed by atoms with Crippen LogP contribution in [0.1, 0.15) is 31.3 Å². The topological polar surface area (TPSA) is 31.6 Å². The second-order valence-electron chi connectivity index (χ2n) is 5.52. The number of furan rings is 1. The lowest BCUT2D eigenvalue weighted by molar-refractivity contribution is 0.187. The molecule has 1 saturated heterocycles. The SMILES string of the molecule is CCN1CCCC1CN(C)Cc1ccc(CNC)o1. The van der Waals surface area contributed by atoms with Crippen LogP contribution in [0.4, 0.5) is 0 Å². The van der Waals surface area contributed by atoms with Gasteiger partial charge in [0.1, 0.15) is 11.5 Å². The normalized spacial score (nSPS) is 20.5. The van der Waals surface area contributed by atoms with E-state index >= 15 is 0 Å². The van der Waals surface area contributed by atoms with Gasteiger partial charge in [-0.2, -0.15) is 0 Å². The first-order chi connectivity index (χ1) is 9.22. The van der Waals surface area contributed by atoms with Crippen LogP contribution < -0.4 is 5.32 Å². The summed E-state index contributed by atoms with van der Waals surface area (Å²) >= 11 is 0. The molecule has 0 spiro atoms. The van der Waals surface area contributed by atoms with E-state index in [0.29, 0.717) is 0 Å². The van der Waals surface area contributed by atoms with E-state index in [0.717, 1.165) is 37.2 Å². The van der Waals surface area contributed by atoms with E-state index in [4.69, 9.17) is 4.42 Å². The van der Waals surface area contributed by atoms with Crippen LogP contribution in [-0.2, 0) is 13.1 Å². The van der Waals surface area contributed by atoms with Gasteiger partial charge in [-0.05, 0) is 52.2 Å². The summed E-state index contributed by atoms with van der Waals surface area (Å²) < 4.78 is 5.79. The van der Waals surface area contributed by atoms with Gasteiger partial charge in [0.15, 0.2) is 0 Å². The summed E-state index contributed by atoms with van der Waals surface area (Å²) in [5.74, 6) is 2.08. The van der Waals surface area contributed by atoms with E-state index in [-0.39, 0.29) is 0 Å². The summed E-state index contributed by atoms with van der Waals surface area (Å²) in [5, 5.41) is 3.11. The van der Waals surface area contributed by atoms with Crippen LogP contribution >= 0.6 is 0 Å². The maximum Gasteiger partial charge on any atom is 0.118 e. The fraction of sp³-hybridized carbons (Fsp3) is 0.733. The molecule has 2 heterocycles. The Hall–Kier alpha value is -0.840. The van der Waals surface area contributed by atoms with Crippen LogP contribution in [0.5, 0.6) is 0 Å². The first-order valence-electron chi connectivity index (χ1n) is 7.37. The molecule has 1 N–H and O–H groups in total. The van der Waals surface area contributed by atoms with Gasteiger partial charge in [-0.1, -0.05) is 6.92 Å². The smallest absolute Gasteiger partial charge is 0.118 e. The third kappa shape index (κ3) is 4.06. The molecule has 1 aliphatic heterocycles. The molecule has 19 heavy (non-hydrogen) atoms. The Kier molecular flexibility index (Phi) is 5.43. The quantitative estimate of drug-likeness (QED) is 0.816. The average Bonchev–Trinajstić information content (AvgIpc) is 2.99. The molecular weight excluding hydrogens is 238 g/mol. The van der Waals surface area contributed by atoms with Crippen LogP contribution in [0.3, 0.4) is 0 Å². The lowest BCUT2D eigenvalue weighted by Crippen LogP contribution is -2.38. The second kappa shape index (κ2) is 7.08. The number of hydrogen-bond donors (Lipinski definition) is 1. The molecule has 0 radical (unpaired) electrons. The highest BCUT2D eigenvalue weighted by atomic mass is 16.3. The zero-order valence-electron chi connectivity index (χ0n) is 12.5. The van der Waals surface area contributed by atoms with Crippen molar-refractivity contribution in [1.29, 1.82) is 0 Å². The molecule has 1 aromatic rings. The molecule has 4 heteroatoms. The van der Waals surface area contributed by atoms with Crippen LogP contribution in [0.15, 0.2) is 16.5 Å². The highest BCUT2D eigenvalue weighted by Gasteiger charge is 2.24. The van der Waals surface area contributed by atoms with Gasteiger partial charge in [0, 0.05) is 12.6 Å². The van der Waals surface area contributed by atoms with Crippen LogP contribution in [0.25, 0.3) is 0 Å². The Bertz CT molecular complexity index is 377. The number of nitrogens with zero attached hydrogens (tertiary/aromatic N) is 2. The fourth-order valence-corrected chi connectivity index (χ4v) is 2.99. The van der Waals surface area contributed by atoms with E-state index in [1.165, 1.54) is 25.9 Å². The van der Waals surface area contributed by atoms with Gasteiger partial charge >= 0.3 is 0 Å². The van der Waals surface area contributed by atoms with Gasteiger partial charge in [-0.25, -0.2) is 0 Å². The third-order valence-electron chi connectivity index (χ3n) is 3.92. The molecule has 0 bridgehead atoms. The molecule has 1 aromatic heterocycles. The predicted molar refractivity (Wildman–Crippen MR) is 78.1 cm³/mol. The summed E-state index contributed by atoms with van der Waals surface area (Å²) in [6, 6.07) is 4.88. The van der Waals surface area contributed by atoms with Gasteiger partial charge in [0.05, 0.1) is 13.1 Å². The third-order valence-corrected chi connectivity index (χ3v) is 3.92. The van der Waals surface area contributed by atoms with E-state index in [2.05, 4.69) is 41.2 Å². The fourth-order valence-electron chi connectivity index (χ4n) is 2.99. The molecule has 0 saturated carbocycles. The van der Waals surface area contributed by atoms with Crippen molar-refractivity contribution in [3.05, 3.63) is 23.7 Å². The average molecular weight is 265 g/mol. The molecule has 1 unspecified atom stereocenters. The number of hydrogen-bond acceptors (Lipinski definition) is 4. The zero-order valence-corrected chi connectivity index (χ0v) is 12.5. The minimum absolute atomic E-state index is 0.724. The van der Waals surface area contributed by atoms with Gasteiger partial charge in [0.2, 0.25) is 0 Å². The molecule has 2 rings (SSSR count). The lowest BCUT2D eigenvalue weighted by Gasteiger charge is -2.27. The van der Waals surface area contributed by atoms with Gasteiger partial charge in [0.25, 0.3) is 0 Å². The molecule has 0 amide bonds. The Labute approximate surface area is 116 Å². The Balaban J connectivity index is 1.81. The minimum Gasteiger partial charge on any atom is -0.463 e. The maximum atomic E-state index is 5.79. The summed E-state index contributed by atoms with van der Waals surface area (Å²) in [7, 11) is 4.13. The van der Waals surface area contributed by atoms with Crippen molar-refractivity contribution in [3.63, 3.8) is 0 Å². The standard InChI is InChI=1S/C15H27N3O/c1-4-18-9-5-6-13(18)11-17(3)12-15-8-7-14(19-15)10-16-2/h7-8,13,16H,4-6,9-12H2,1-3H3. The van der Waals surface area contributed by atoms with Crippen molar-refractivity contribution in [2.75, 3.05) is 33.7 Å². The molecule has 1 atom stereocenters. The number of rotatable bonds is 7. The molecular formula is C15H27N3O. The van der Waals surface area contributed by atoms with Crippen molar-refractivity contribution in [2.45, 2.75) is 38.9 Å². The van der Waals surface area contributed by atoms with Crippen molar-refractivity contribution in [3.8, 4) is 0 Å². The molecule has 0 aliphatic carbocycles. The number of likely N-dealkylation sites (N-methyl/N-ethyl adjacent to an activating group) is 2. The van der Waals surface area contributed by atoms with E-state index in [9.17, 15) is 0 Å². The summed E-state index contributed by atoms with van der Waals surface area (Å²) in [6.45, 7) is 7.53. The van der Waals surface area contributed by atoms with Gasteiger partial charge in [-0.15, -0.1) is 0 Å². The zero-order chi connectivity index (χ0) is 13.7. The van der Waals surface area contributed by atoms with E-state index in [1.54, 1.807) is 0 Å². The Morgan fingerprint density at radius 2 is 2.21 bits per heavy atom. The van der Waals surface area contributed by atoms with Gasteiger partial charge < -0.3 is 9.73 Å². The second-order valence-corrected chi connectivity index (χ2v) is 5.52. The molecule has 0 aromatic carbocycles. The Morgan fingerprint density at radius 3 is 2.95 bits per heavy atom. The van der Waals surface area contributed by atoms with Gasteiger partial charge in [-0.3, -0.25) is 9.80 Å². The highest BCUT2D eigenvalue weighted by Crippen LogP contribution is 2.18. The minimum atomic E-state index is 0.724. The van der Waals surface area contributed by atoms with Crippen LogP contribution in [0.2, 0.25) is 0 Å². The number of likely N-dealkylation sites (tertiary alicyclic amines) is 1. The largest absolute Gasteiger partial charge is 0.463 e. The van der Waals surface area contributed by atoms with Crippen molar-refractivity contribution in [2.24, 2.45) is 0 Å². The first kappa shape index (κ1) is 14.6. The number of nitrogens with one attached hydrogen (secondary N) is 1. The summed E-state index contributed by atoms with van der Waals surface area (Å²) in [6.07, 6.45) is 2.68. The predicted octanol–water partition coefficient (Wildman–Crippen LogP) is 1.92. The lowest BCUT2D eigenvalue weighted by atomic mass is 10.2. The van der Waals surface area contributed by atoms with Crippen molar-refractivity contribution >= 4 is 0 Å². The molecule has 1 fully saturated rings. The van der Waals surface area contributed by atoms with Crippen LogP contribution in [0, 0.1) is 0 Å². The van der Waals surface area contributed by atoms with Crippen molar-refractivity contribution in [1.82, 2.24) is 15.1 Å². The monoisotopic (exact) mass is 265 g/mol. The van der Waals surface area contributed by atoms with Crippen LogP contribution in [-0.4, -0.2) is 49.6 Å². The summed E-state index contributed by atoms with van der Waals surface area (Å²) in [4.78, 5) is 4.96. The maximum absolute atomic E-state index is 5.79. The van der Waals surface area contributed by atoms with Crippen molar-refractivity contribution < 1.29 is 4.42 Å². The summed E-state index contributed by atoms with van der Waals surface area (Å²) in [5.41, 5.74) is 0. The highest BCUT2D eigenvalue weighted by molar-refractivity contribution is 5.07. The Morgan fingerprint density at radius 1 is 1.42 bits per heavy atom. The van der Waals surface area contributed by atoms with E-state index in [1.807, 2.05) is 7.05 Å². The molecule has 108 valence electrons. The first-order valence-corrected chi connectivity index (χ1v) is 7.37. The molecule has 4 nitrogen and oxygen atoms in total. The van der Waals surface area contributed by atoms with E-state index < -0.39 is 0 Å². The molecule has 1 aliphatic rings.